The van der Waals surface area contributed by atoms with Crippen molar-refractivity contribution in [2.75, 3.05) is 13.1 Å². The first-order valence-corrected chi connectivity index (χ1v) is 6.73. The summed E-state index contributed by atoms with van der Waals surface area (Å²) in [4.78, 5) is 29.4. The Kier molecular flexibility index (Phi) is 4.89. The maximum Gasteiger partial charge on any atom is 0.311 e. The fraction of sp³-hybridized carbons (Fsp3) is 0.500. The molecule has 102 valence electrons. The standard InChI is InChI=1S/C14H19N3O2/c18-13(16-11-12-6-5-7-15-10-12)14(19)17-8-3-1-2-4-9-17/h5-7,10H,1-4,8-9,11H2,(H,16,18). The Morgan fingerprint density at radius 2 is 1.95 bits per heavy atom. The molecule has 2 heterocycles. The van der Waals surface area contributed by atoms with Crippen LogP contribution in [0.5, 0.6) is 0 Å². The van der Waals surface area contributed by atoms with Gasteiger partial charge in [0.15, 0.2) is 0 Å². The molecular weight excluding hydrogens is 242 g/mol. The number of nitrogens with one attached hydrogen (secondary N) is 1. The van der Waals surface area contributed by atoms with Crippen LogP contribution in [0.15, 0.2) is 24.5 Å². The maximum atomic E-state index is 12.0. The van der Waals surface area contributed by atoms with Crippen LogP contribution in [0, 0.1) is 0 Å². The van der Waals surface area contributed by atoms with Crippen LogP contribution in [-0.4, -0.2) is 34.8 Å². The average molecular weight is 261 g/mol. The van der Waals surface area contributed by atoms with Gasteiger partial charge in [-0.05, 0) is 24.5 Å². The topological polar surface area (TPSA) is 62.3 Å². The van der Waals surface area contributed by atoms with Crippen LogP contribution in [0.4, 0.5) is 0 Å². The first kappa shape index (κ1) is 13.5. The Balaban J connectivity index is 1.83. The van der Waals surface area contributed by atoms with Crippen molar-refractivity contribution in [3.8, 4) is 0 Å². The van der Waals surface area contributed by atoms with Crippen molar-refractivity contribution in [1.29, 1.82) is 0 Å². The summed E-state index contributed by atoms with van der Waals surface area (Å²) < 4.78 is 0. The van der Waals surface area contributed by atoms with Gasteiger partial charge in [-0.25, -0.2) is 0 Å². The van der Waals surface area contributed by atoms with E-state index in [2.05, 4.69) is 10.3 Å². The minimum absolute atomic E-state index is 0.340. The van der Waals surface area contributed by atoms with Gasteiger partial charge < -0.3 is 10.2 Å². The fourth-order valence-corrected chi connectivity index (χ4v) is 2.18. The monoisotopic (exact) mass is 261 g/mol. The molecule has 1 N–H and O–H groups in total. The Morgan fingerprint density at radius 3 is 2.58 bits per heavy atom. The third kappa shape index (κ3) is 4.05. The molecule has 0 atom stereocenters. The number of carbonyl (C=O) groups is 2. The van der Waals surface area contributed by atoms with E-state index in [1.54, 1.807) is 23.4 Å². The van der Waals surface area contributed by atoms with Crippen LogP contribution in [0.2, 0.25) is 0 Å². The number of amides is 2. The number of rotatable bonds is 2. The highest BCUT2D eigenvalue weighted by molar-refractivity contribution is 6.34. The normalized spacial score (nSPS) is 15.7. The predicted molar refractivity (Wildman–Crippen MR) is 71.1 cm³/mol. The number of aromatic nitrogens is 1. The molecule has 1 aromatic heterocycles. The maximum absolute atomic E-state index is 12.0. The molecule has 5 nitrogen and oxygen atoms in total. The molecule has 0 bridgehead atoms. The van der Waals surface area contributed by atoms with Gasteiger partial charge in [-0.15, -0.1) is 0 Å². The number of pyridine rings is 1. The summed E-state index contributed by atoms with van der Waals surface area (Å²) in [5.74, 6) is -0.934. The van der Waals surface area contributed by atoms with Gasteiger partial charge in [-0.1, -0.05) is 18.9 Å². The number of carbonyl (C=O) groups excluding carboxylic acids is 2. The van der Waals surface area contributed by atoms with Gasteiger partial charge in [0.1, 0.15) is 0 Å². The SMILES string of the molecule is O=C(NCc1cccnc1)C(=O)N1CCCCCC1. The van der Waals surface area contributed by atoms with Crippen LogP contribution in [0.1, 0.15) is 31.2 Å². The van der Waals surface area contributed by atoms with E-state index >= 15 is 0 Å². The van der Waals surface area contributed by atoms with Crippen molar-refractivity contribution in [1.82, 2.24) is 15.2 Å². The highest BCUT2D eigenvalue weighted by Gasteiger charge is 2.22. The van der Waals surface area contributed by atoms with Gasteiger partial charge in [0.2, 0.25) is 0 Å². The lowest BCUT2D eigenvalue weighted by atomic mass is 10.2. The van der Waals surface area contributed by atoms with Crippen LogP contribution in [0.25, 0.3) is 0 Å². The molecule has 1 aromatic rings. The van der Waals surface area contributed by atoms with Crippen molar-refractivity contribution in [3.05, 3.63) is 30.1 Å². The molecule has 0 radical (unpaired) electrons. The summed E-state index contributed by atoms with van der Waals surface area (Å²) in [6.45, 7) is 1.73. The van der Waals surface area contributed by atoms with Crippen LogP contribution < -0.4 is 5.32 Å². The van der Waals surface area contributed by atoms with E-state index in [0.717, 1.165) is 31.2 Å². The molecule has 0 spiro atoms. The molecule has 1 fully saturated rings. The third-order valence-electron chi connectivity index (χ3n) is 3.26. The van der Waals surface area contributed by atoms with E-state index in [0.29, 0.717) is 19.6 Å². The van der Waals surface area contributed by atoms with Gasteiger partial charge in [-0.2, -0.15) is 0 Å². The third-order valence-corrected chi connectivity index (χ3v) is 3.26. The fourth-order valence-electron chi connectivity index (χ4n) is 2.18. The van der Waals surface area contributed by atoms with Crippen LogP contribution >= 0.6 is 0 Å². The minimum Gasteiger partial charge on any atom is -0.344 e. The van der Waals surface area contributed by atoms with E-state index in [-0.39, 0.29) is 0 Å². The van der Waals surface area contributed by atoms with Crippen molar-refractivity contribution in [2.45, 2.75) is 32.2 Å². The lowest BCUT2D eigenvalue weighted by molar-refractivity contribution is -0.145. The number of nitrogens with zero attached hydrogens (tertiary/aromatic N) is 2. The van der Waals surface area contributed by atoms with E-state index in [9.17, 15) is 9.59 Å². The van der Waals surface area contributed by atoms with E-state index in [1.165, 1.54) is 0 Å². The average Bonchev–Trinajstić information content (AvgIpc) is 2.74. The largest absolute Gasteiger partial charge is 0.344 e. The Morgan fingerprint density at radius 1 is 1.21 bits per heavy atom. The number of likely N-dealkylation sites (tertiary alicyclic amines) is 1. The predicted octanol–water partition coefficient (Wildman–Crippen LogP) is 1.10. The molecule has 1 aliphatic heterocycles. The second-order valence-electron chi connectivity index (χ2n) is 4.75. The van der Waals surface area contributed by atoms with Crippen molar-refractivity contribution >= 4 is 11.8 Å². The first-order chi connectivity index (χ1) is 9.27. The summed E-state index contributed by atoms with van der Waals surface area (Å²) in [7, 11) is 0. The molecule has 1 aliphatic rings. The van der Waals surface area contributed by atoms with Crippen LogP contribution in [0.3, 0.4) is 0 Å². The Hall–Kier alpha value is -1.91. The molecule has 5 heteroatoms. The molecule has 2 amide bonds. The molecule has 19 heavy (non-hydrogen) atoms. The Bertz CT molecular complexity index is 426. The van der Waals surface area contributed by atoms with Crippen molar-refractivity contribution in [2.24, 2.45) is 0 Å². The summed E-state index contributed by atoms with van der Waals surface area (Å²) >= 11 is 0. The van der Waals surface area contributed by atoms with Gasteiger partial charge in [0.25, 0.3) is 0 Å². The molecule has 0 aliphatic carbocycles. The zero-order chi connectivity index (χ0) is 13.5. The van der Waals surface area contributed by atoms with Gasteiger partial charge >= 0.3 is 11.8 Å². The number of hydrogen-bond donors (Lipinski definition) is 1. The van der Waals surface area contributed by atoms with Gasteiger partial charge in [0.05, 0.1) is 0 Å². The minimum atomic E-state index is -0.522. The smallest absolute Gasteiger partial charge is 0.311 e. The summed E-state index contributed by atoms with van der Waals surface area (Å²) in [5.41, 5.74) is 0.888. The highest BCUT2D eigenvalue weighted by Crippen LogP contribution is 2.09. The lowest BCUT2D eigenvalue weighted by Gasteiger charge is -2.19. The quantitative estimate of drug-likeness (QED) is 0.811. The first-order valence-electron chi connectivity index (χ1n) is 6.73. The second kappa shape index (κ2) is 6.87. The van der Waals surface area contributed by atoms with Gasteiger partial charge in [0, 0.05) is 32.0 Å². The lowest BCUT2D eigenvalue weighted by Crippen LogP contribution is -2.43. The molecule has 1 saturated heterocycles. The molecule has 0 unspecified atom stereocenters. The van der Waals surface area contributed by atoms with E-state index in [1.807, 2.05) is 6.07 Å². The Labute approximate surface area is 113 Å². The zero-order valence-electron chi connectivity index (χ0n) is 11.0. The van der Waals surface area contributed by atoms with Crippen LogP contribution in [-0.2, 0) is 16.1 Å². The highest BCUT2D eigenvalue weighted by atomic mass is 16.2. The molecular formula is C14H19N3O2. The van der Waals surface area contributed by atoms with E-state index < -0.39 is 11.8 Å². The molecule has 0 aromatic carbocycles. The van der Waals surface area contributed by atoms with E-state index in [4.69, 9.17) is 0 Å². The van der Waals surface area contributed by atoms with Gasteiger partial charge in [-0.3, -0.25) is 14.6 Å². The second-order valence-corrected chi connectivity index (χ2v) is 4.75. The zero-order valence-corrected chi connectivity index (χ0v) is 11.0. The molecule has 2 rings (SSSR count). The summed E-state index contributed by atoms with van der Waals surface area (Å²) in [5, 5.41) is 2.65. The number of hydrogen-bond acceptors (Lipinski definition) is 3. The summed E-state index contributed by atoms with van der Waals surface area (Å²) in [6.07, 6.45) is 7.61. The van der Waals surface area contributed by atoms with Crippen molar-refractivity contribution < 1.29 is 9.59 Å². The van der Waals surface area contributed by atoms with Crippen molar-refractivity contribution in [3.63, 3.8) is 0 Å². The molecule has 0 saturated carbocycles. The summed E-state index contributed by atoms with van der Waals surface area (Å²) in [6, 6.07) is 3.67.